The van der Waals surface area contributed by atoms with E-state index in [2.05, 4.69) is 5.32 Å². The Labute approximate surface area is 96.0 Å². The molecular formula is C10H10INO2. The Morgan fingerprint density at radius 3 is 2.29 bits per heavy atom. The zero-order valence-corrected chi connectivity index (χ0v) is 9.87. The molecule has 0 aliphatic heterocycles. The summed E-state index contributed by atoms with van der Waals surface area (Å²) in [5.41, 5.74) is 1.37. The molecule has 0 unspecified atom stereocenters. The number of benzene rings is 1. The molecule has 0 fully saturated rings. The molecule has 0 radical (unpaired) electrons. The Balaban J connectivity index is 2.73. The number of amides is 1. The molecular weight excluding hydrogens is 293 g/mol. The van der Waals surface area contributed by atoms with E-state index in [1.54, 1.807) is 24.3 Å². The van der Waals surface area contributed by atoms with Crippen molar-refractivity contribution < 1.29 is 9.59 Å². The van der Waals surface area contributed by atoms with E-state index in [1.165, 1.54) is 6.92 Å². The maximum absolute atomic E-state index is 11.0. The third kappa shape index (κ3) is 3.10. The van der Waals surface area contributed by atoms with Gasteiger partial charge in [-0.2, -0.15) is 0 Å². The van der Waals surface area contributed by atoms with Crippen molar-refractivity contribution in [1.82, 2.24) is 0 Å². The number of hydrogen-bond acceptors (Lipinski definition) is 2. The van der Waals surface area contributed by atoms with Gasteiger partial charge >= 0.3 is 0 Å². The van der Waals surface area contributed by atoms with E-state index in [0.717, 1.165) is 5.69 Å². The van der Waals surface area contributed by atoms with Crippen LogP contribution in [0.5, 0.6) is 0 Å². The van der Waals surface area contributed by atoms with Crippen molar-refractivity contribution in [2.45, 2.75) is 6.92 Å². The molecule has 4 heteroatoms. The van der Waals surface area contributed by atoms with Crippen LogP contribution >= 0.6 is 22.6 Å². The standard InChI is InChI=1S/C10H10INO2/c1-7(13)8-2-4-9(5-3-8)12-10(14)6-11/h2-5H,6H2,1H3,(H,12,14). The minimum absolute atomic E-state index is 0.0248. The quantitative estimate of drug-likeness (QED) is 0.529. The van der Waals surface area contributed by atoms with Crippen molar-refractivity contribution in [3.05, 3.63) is 29.8 Å². The van der Waals surface area contributed by atoms with Crippen LogP contribution < -0.4 is 5.32 Å². The van der Waals surface area contributed by atoms with Crippen LogP contribution in [0.4, 0.5) is 5.69 Å². The fourth-order valence-corrected chi connectivity index (χ4v) is 1.17. The summed E-state index contributed by atoms with van der Waals surface area (Å²) < 4.78 is 0.423. The highest BCUT2D eigenvalue weighted by Crippen LogP contribution is 2.10. The van der Waals surface area contributed by atoms with Crippen LogP contribution in [0.3, 0.4) is 0 Å². The van der Waals surface area contributed by atoms with Gasteiger partial charge in [-0.05, 0) is 31.2 Å². The van der Waals surface area contributed by atoms with Crippen molar-refractivity contribution in [2.75, 3.05) is 9.74 Å². The van der Waals surface area contributed by atoms with Crippen LogP contribution in [0, 0.1) is 0 Å². The lowest BCUT2D eigenvalue weighted by atomic mass is 10.1. The molecule has 74 valence electrons. The molecule has 0 aromatic heterocycles. The maximum Gasteiger partial charge on any atom is 0.234 e. The van der Waals surface area contributed by atoms with E-state index in [4.69, 9.17) is 0 Å². The van der Waals surface area contributed by atoms with Gasteiger partial charge < -0.3 is 5.32 Å². The second kappa shape index (κ2) is 5.09. The van der Waals surface area contributed by atoms with Gasteiger partial charge in [0.15, 0.2) is 5.78 Å². The summed E-state index contributed by atoms with van der Waals surface area (Å²) in [6.45, 7) is 1.51. The minimum Gasteiger partial charge on any atom is -0.325 e. The maximum atomic E-state index is 11.0. The zero-order chi connectivity index (χ0) is 10.6. The number of halogens is 1. The third-order valence-electron chi connectivity index (χ3n) is 1.70. The highest BCUT2D eigenvalue weighted by Gasteiger charge is 2.01. The summed E-state index contributed by atoms with van der Waals surface area (Å²) in [6, 6.07) is 6.85. The highest BCUT2D eigenvalue weighted by molar-refractivity contribution is 14.1. The van der Waals surface area contributed by atoms with Gasteiger partial charge in [0.2, 0.25) is 5.91 Å². The van der Waals surface area contributed by atoms with E-state index < -0.39 is 0 Å². The number of hydrogen-bond donors (Lipinski definition) is 1. The first-order valence-corrected chi connectivity index (χ1v) is 5.63. The Bertz CT molecular complexity index is 346. The molecule has 1 aromatic carbocycles. The number of anilines is 1. The summed E-state index contributed by atoms with van der Waals surface area (Å²) in [4.78, 5) is 22.0. The largest absolute Gasteiger partial charge is 0.325 e. The lowest BCUT2D eigenvalue weighted by molar-refractivity contribution is -0.113. The van der Waals surface area contributed by atoms with E-state index >= 15 is 0 Å². The molecule has 0 aliphatic rings. The number of carbonyl (C=O) groups is 2. The molecule has 1 rings (SSSR count). The number of alkyl halides is 1. The number of rotatable bonds is 3. The SMILES string of the molecule is CC(=O)c1ccc(NC(=O)CI)cc1. The Morgan fingerprint density at radius 2 is 1.86 bits per heavy atom. The Kier molecular flexibility index (Phi) is 4.06. The van der Waals surface area contributed by atoms with Crippen molar-refractivity contribution in [1.29, 1.82) is 0 Å². The monoisotopic (exact) mass is 303 g/mol. The molecule has 1 amide bonds. The molecule has 0 saturated heterocycles. The summed E-state index contributed by atoms with van der Waals surface area (Å²) in [6.07, 6.45) is 0. The minimum atomic E-state index is -0.0406. The lowest BCUT2D eigenvalue weighted by Crippen LogP contribution is -2.12. The van der Waals surface area contributed by atoms with Gasteiger partial charge in [0.05, 0.1) is 4.43 Å². The fourth-order valence-electron chi connectivity index (χ4n) is 0.983. The fraction of sp³-hybridized carbons (Fsp3) is 0.200. The third-order valence-corrected chi connectivity index (χ3v) is 2.39. The number of carbonyl (C=O) groups excluding carboxylic acids is 2. The van der Waals surface area contributed by atoms with Crippen molar-refractivity contribution in [2.24, 2.45) is 0 Å². The zero-order valence-electron chi connectivity index (χ0n) is 7.71. The second-order valence-electron chi connectivity index (χ2n) is 2.82. The summed E-state index contributed by atoms with van der Waals surface area (Å²) in [5, 5.41) is 2.70. The van der Waals surface area contributed by atoms with Crippen molar-refractivity contribution in [3.63, 3.8) is 0 Å². The summed E-state index contributed by atoms with van der Waals surface area (Å²) in [7, 11) is 0. The number of nitrogens with one attached hydrogen (secondary N) is 1. The lowest BCUT2D eigenvalue weighted by Gasteiger charge is -2.02. The first-order chi connectivity index (χ1) is 6.63. The summed E-state index contributed by atoms with van der Waals surface area (Å²) >= 11 is 1.99. The van der Waals surface area contributed by atoms with E-state index in [9.17, 15) is 9.59 Å². The average molecular weight is 303 g/mol. The predicted molar refractivity (Wildman–Crippen MR) is 64.0 cm³/mol. The van der Waals surface area contributed by atoms with Gasteiger partial charge in [0.25, 0.3) is 0 Å². The topological polar surface area (TPSA) is 46.2 Å². The van der Waals surface area contributed by atoms with Crippen molar-refractivity contribution in [3.8, 4) is 0 Å². The van der Waals surface area contributed by atoms with Gasteiger partial charge in [-0.25, -0.2) is 0 Å². The Morgan fingerprint density at radius 1 is 1.29 bits per heavy atom. The van der Waals surface area contributed by atoms with Crippen LogP contribution in [-0.4, -0.2) is 16.1 Å². The molecule has 14 heavy (non-hydrogen) atoms. The van der Waals surface area contributed by atoms with Crippen molar-refractivity contribution >= 4 is 40.0 Å². The molecule has 0 spiro atoms. The van der Waals surface area contributed by atoms with Gasteiger partial charge in [0, 0.05) is 11.3 Å². The van der Waals surface area contributed by atoms with Gasteiger partial charge in [-0.15, -0.1) is 0 Å². The summed E-state index contributed by atoms with van der Waals surface area (Å²) in [5.74, 6) is -0.0158. The van der Waals surface area contributed by atoms with E-state index in [0.29, 0.717) is 9.99 Å². The first kappa shape index (κ1) is 11.2. The molecule has 0 saturated carbocycles. The molecule has 3 nitrogen and oxygen atoms in total. The molecule has 0 heterocycles. The van der Waals surface area contributed by atoms with Gasteiger partial charge in [-0.1, -0.05) is 22.6 Å². The Hall–Kier alpha value is -0.910. The number of Topliss-reactive ketones (excluding diaryl/α,β-unsaturated/α-hetero) is 1. The molecule has 1 N–H and O–H groups in total. The second-order valence-corrected chi connectivity index (χ2v) is 3.58. The van der Waals surface area contributed by atoms with Crippen LogP contribution in [0.2, 0.25) is 0 Å². The van der Waals surface area contributed by atoms with Gasteiger partial charge in [0.1, 0.15) is 0 Å². The van der Waals surface area contributed by atoms with E-state index in [-0.39, 0.29) is 11.7 Å². The highest BCUT2D eigenvalue weighted by atomic mass is 127. The predicted octanol–water partition coefficient (Wildman–Crippen LogP) is 2.26. The molecule has 0 aliphatic carbocycles. The van der Waals surface area contributed by atoms with Crippen LogP contribution in [0.25, 0.3) is 0 Å². The number of ketones is 1. The van der Waals surface area contributed by atoms with Crippen LogP contribution in [-0.2, 0) is 4.79 Å². The van der Waals surface area contributed by atoms with Gasteiger partial charge in [-0.3, -0.25) is 9.59 Å². The molecule has 0 atom stereocenters. The molecule has 0 bridgehead atoms. The first-order valence-electron chi connectivity index (χ1n) is 4.10. The average Bonchev–Trinajstić information content (AvgIpc) is 2.18. The normalized spacial score (nSPS) is 9.57. The van der Waals surface area contributed by atoms with Crippen LogP contribution in [0.15, 0.2) is 24.3 Å². The van der Waals surface area contributed by atoms with Crippen LogP contribution in [0.1, 0.15) is 17.3 Å². The van der Waals surface area contributed by atoms with E-state index in [1.807, 2.05) is 22.6 Å². The smallest absolute Gasteiger partial charge is 0.234 e. The molecule has 1 aromatic rings.